The zero-order chi connectivity index (χ0) is 12.7. The van der Waals surface area contributed by atoms with Crippen LogP contribution < -0.4 is 5.32 Å². The number of anilines is 1. The van der Waals surface area contributed by atoms with Gasteiger partial charge >= 0.3 is 0 Å². The summed E-state index contributed by atoms with van der Waals surface area (Å²) < 4.78 is 0. The van der Waals surface area contributed by atoms with E-state index < -0.39 is 0 Å². The van der Waals surface area contributed by atoms with E-state index in [9.17, 15) is 4.79 Å². The van der Waals surface area contributed by atoms with Crippen LogP contribution in [0, 0.1) is 18.8 Å². The van der Waals surface area contributed by atoms with Crippen LogP contribution in [0.15, 0.2) is 18.2 Å². The van der Waals surface area contributed by atoms with Gasteiger partial charge in [0.1, 0.15) is 0 Å². The van der Waals surface area contributed by atoms with Gasteiger partial charge in [-0.1, -0.05) is 37.5 Å². The van der Waals surface area contributed by atoms with Gasteiger partial charge in [0.25, 0.3) is 0 Å². The predicted molar refractivity (Wildman–Crippen MR) is 73.7 cm³/mol. The Labute approximate surface area is 109 Å². The summed E-state index contributed by atoms with van der Waals surface area (Å²) in [5.74, 6) is 1.70. The Kier molecular flexibility index (Phi) is 2.89. The van der Waals surface area contributed by atoms with Crippen molar-refractivity contribution >= 4 is 11.6 Å². The van der Waals surface area contributed by atoms with E-state index in [0.29, 0.717) is 5.92 Å². The topological polar surface area (TPSA) is 29.1 Å². The average Bonchev–Trinajstić information content (AvgIpc) is 2.66. The number of carbonyl (C=O) groups is 1. The summed E-state index contributed by atoms with van der Waals surface area (Å²) in [5, 5.41) is 3.04. The molecule has 1 fully saturated rings. The molecule has 0 spiro atoms. The van der Waals surface area contributed by atoms with Crippen molar-refractivity contribution in [1.82, 2.24) is 0 Å². The predicted octanol–water partition coefficient (Wildman–Crippen LogP) is 3.86. The van der Waals surface area contributed by atoms with Gasteiger partial charge in [-0.05, 0) is 43.2 Å². The van der Waals surface area contributed by atoms with E-state index >= 15 is 0 Å². The molecule has 1 saturated carbocycles. The summed E-state index contributed by atoms with van der Waals surface area (Å²) in [6, 6.07) is 6.31. The van der Waals surface area contributed by atoms with Crippen molar-refractivity contribution in [1.29, 1.82) is 0 Å². The van der Waals surface area contributed by atoms with Crippen LogP contribution in [-0.4, -0.2) is 5.91 Å². The van der Waals surface area contributed by atoms with Gasteiger partial charge in [-0.15, -0.1) is 0 Å². The molecular formula is C16H21NO. The summed E-state index contributed by atoms with van der Waals surface area (Å²) >= 11 is 0. The minimum absolute atomic E-state index is 0.104. The standard InChI is InChI=1S/C16H21NO/c1-10-3-6-12(7-4-10)15-13-9-11(2)5-8-14(13)17-16(15)18/h5,8-10,12,15H,3-4,6-7H2,1-2H3,(H,17,18). The maximum absolute atomic E-state index is 12.2. The number of hydrogen-bond acceptors (Lipinski definition) is 1. The van der Waals surface area contributed by atoms with Gasteiger partial charge < -0.3 is 5.32 Å². The molecule has 96 valence electrons. The Morgan fingerprint density at radius 1 is 1.17 bits per heavy atom. The van der Waals surface area contributed by atoms with Gasteiger partial charge in [-0.3, -0.25) is 4.79 Å². The fraction of sp³-hybridized carbons (Fsp3) is 0.562. The lowest BCUT2D eigenvalue weighted by atomic mass is 9.74. The molecule has 1 N–H and O–H groups in total. The van der Waals surface area contributed by atoms with E-state index in [4.69, 9.17) is 0 Å². The largest absolute Gasteiger partial charge is 0.325 e. The van der Waals surface area contributed by atoms with E-state index in [1.165, 1.54) is 36.8 Å². The van der Waals surface area contributed by atoms with Crippen LogP contribution in [0.3, 0.4) is 0 Å². The molecule has 1 aromatic rings. The Balaban J connectivity index is 1.89. The molecule has 1 aromatic carbocycles. The highest BCUT2D eigenvalue weighted by Gasteiger charge is 2.37. The molecule has 0 saturated heterocycles. The summed E-state index contributed by atoms with van der Waals surface area (Å²) in [6.45, 7) is 4.42. The number of amides is 1. The van der Waals surface area contributed by atoms with Gasteiger partial charge in [-0.2, -0.15) is 0 Å². The number of fused-ring (bicyclic) bond motifs is 1. The fourth-order valence-corrected chi connectivity index (χ4v) is 3.49. The number of carbonyl (C=O) groups excluding carboxylic acids is 1. The number of aryl methyl sites for hydroxylation is 1. The molecule has 2 nitrogen and oxygen atoms in total. The maximum atomic E-state index is 12.2. The van der Waals surface area contributed by atoms with Crippen LogP contribution in [0.5, 0.6) is 0 Å². The Morgan fingerprint density at radius 3 is 2.61 bits per heavy atom. The second kappa shape index (κ2) is 4.42. The van der Waals surface area contributed by atoms with E-state index in [0.717, 1.165) is 11.6 Å². The Morgan fingerprint density at radius 2 is 1.89 bits per heavy atom. The van der Waals surface area contributed by atoms with Gasteiger partial charge in [0, 0.05) is 5.69 Å². The van der Waals surface area contributed by atoms with Crippen LogP contribution in [0.2, 0.25) is 0 Å². The van der Waals surface area contributed by atoms with Crippen LogP contribution in [-0.2, 0) is 4.79 Å². The molecule has 1 heterocycles. The molecule has 1 aliphatic carbocycles. The first-order chi connectivity index (χ1) is 8.65. The second-order valence-corrected chi connectivity index (χ2v) is 6.08. The molecule has 1 aliphatic heterocycles. The van der Waals surface area contributed by atoms with E-state index in [2.05, 4.69) is 31.3 Å². The normalized spacial score (nSPS) is 31.0. The molecule has 18 heavy (non-hydrogen) atoms. The molecule has 2 aliphatic rings. The van der Waals surface area contributed by atoms with Gasteiger partial charge in [0.2, 0.25) is 5.91 Å². The fourth-order valence-electron chi connectivity index (χ4n) is 3.49. The molecule has 0 aromatic heterocycles. The number of rotatable bonds is 1. The average molecular weight is 243 g/mol. The lowest BCUT2D eigenvalue weighted by Gasteiger charge is -2.29. The summed E-state index contributed by atoms with van der Waals surface area (Å²) in [6.07, 6.45) is 4.95. The van der Waals surface area contributed by atoms with Crippen molar-refractivity contribution < 1.29 is 4.79 Å². The third kappa shape index (κ3) is 1.94. The van der Waals surface area contributed by atoms with Crippen molar-refractivity contribution in [2.45, 2.75) is 45.4 Å². The maximum Gasteiger partial charge on any atom is 0.232 e. The molecule has 1 unspecified atom stereocenters. The van der Waals surface area contributed by atoms with Crippen molar-refractivity contribution in [3.63, 3.8) is 0 Å². The molecular weight excluding hydrogens is 222 g/mol. The lowest BCUT2D eigenvalue weighted by Crippen LogP contribution is -2.24. The zero-order valence-corrected chi connectivity index (χ0v) is 11.2. The number of benzene rings is 1. The van der Waals surface area contributed by atoms with Crippen LogP contribution >= 0.6 is 0 Å². The van der Waals surface area contributed by atoms with Crippen LogP contribution in [0.4, 0.5) is 5.69 Å². The Hall–Kier alpha value is -1.31. The first-order valence-corrected chi connectivity index (χ1v) is 7.06. The first kappa shape index (κ1) is 11.8. The second-order valence-electron chi connectivity index (χ2n) is 6.08. The third-order valence-corrected chi connectivity index (χ3v) is 4.61. The lowest BCUT2D eigenvalue weighted by molar-refractivity contribution is -0.118. The van der Waals surface area contributed by atoms with Crippen molar-refractivity contribution in [3.8, 4) is 0 Å². The highest BCUT2D eigenvalue weighted by molar-refractivity contribution is 6.03. The highest BCUT2D eigenvalue weighted by Crippen LogP contribution is 2.44. The molecule has 1 atom stereocenters. The van der Waals surface area contributed by atoms with Gasteiger partial charge in [-0.25, -0.2) is 0 Å². The van der Waals surface area contributed by atoms with Gasteiger partial charge in [0.05, 0.1) is 5.92 Å². The summed E-state index contributed by atoms with van der Waals surface area (Å²) in [7, 11) is 0. The molecule has 0 radical (unpaired) electrons. The molecule has 0 bridgehead atoms. The molecule has 2 heteroatoms. The molecule has 1 amide bonds. The summed E-state index contributed by atoms with van der Waals surface area (Å²) in [4.78, 5) is 12.2. The van der Waals surface area contributed by atoms with Crippen molar-refractivity contribution in [3.05, 3.63) is 29.3 Å². The Bertz CT molecular complexity index is 472. The minimum atomic E-state index is 0.104. The van der Waals surface area contributed by atoms with E-state index in [1.807, 2.05) is 6.07 Å². The summed E-state index contributed by atoms with van der Waals surface area (Å²) in [5.41, 5.74) is 3.52. The number of nitrogens with one attached hydrogen (secondary N) is 1. The van der Waals surface area contributed by atoms with E-state index in [-0.39, 0.29) is 11.8 Å². The first-order valence-electron chi connectivity index (χ1n) is 7.06. The molecule has 3 rings (SSSR count). The van der Waals surface area contributed by atoms with Crippen LogP contribution in [0.25, 0.3) is 0 Å². The quantitative estimate of drug-likeness (QED) is 0.797. The number of hydrogen-bond donors (Lipinski definition) is 1. The highest BCUT2D eigenvalue weighted by atomic mass is 16.2. The zero-order valence-electron chi connectivity index (χ0n) is 11.2. The van der Waals surface area contributed by atoms with E-state index in [1.54, 1.807) is 0 Å². The van der Waals surface area contributed by atoms with Crippen LogP contribution in [0.1, 0.15) is 49.7 Å². The van der Waals surface area contributed by atoms with Crippen molar-refractivity contribution in [2.24, 2.45) is 11.8 Å². The minimum Gasteiger partial charge on any atom is -0.325 e. The van der Waals surface area contributed by atoms with Crippen molar-refractivity contribution in [2.75, 3.05) is 5.32 Å². The SMILES string of the molecule is Cc1ccc2c(c1)C(C1CCC(C)CC1)C(=O)N2. The third-order valence-electron chi connectivity index (χ3n) is 4.61. The van der Waals surface area contributed by atoms with Gasteiger partial charge in [0.15, 0.2) is 0 Å². The monoisotopic (exact) mass is 243 g/mol. The smallest absolute Gasteiger partial charge is 0.232 e.